The van der Waals surface area contributed by atoms with Crippen molar-refractivity contribution >= 4 is 16.9 Å². The highest BCUT2D eigenvalue weighted by Crippen LogP contribution is 2.20. The van der Waals surface area contributed by atoms with Crippen LogP contribution in [0.1, 0.15) is 6.92 Å². The van der Waals surface area contributed by atoms with Gasteiger partial charge in [0.15, 0.2) is 5.17 Å². The fourth-order valence-electron chi connectivity index (χ4n) is 0.604. The van der Waals surface area contributed by atoms with Crippen molar-refractivity contribution in [3.8, 4) is 0 Å². The molecular formula is C6H10N2S. The number of nitrogens with zero attached hydrogens (tertiary/aromatic N) is 1. The minimum absolute atomic E-state index is 0.785. The van der Waals surface area contributed by atoms with Gasteiger partial charge in [0.2, 0.25) is 0 Å². The predicted molar refractivity (Wildman–Crippen MR) is 42.7 cm³/mol. The van der Waals surface area contributed by atoms with Gasteiger partial charge in [-0.2, -0.15) is 0 Å². The Morgan fingerprint density at radius 2 is 2.67 bits per heavy atom. The second kappa shape index (κ2) is 2.92. The molecule has 0 atom stereocenters. The zero-order valence-electron chi connectivity index (χ0n) is 5.48. The molecular weight excluding hydrogens is 132 g/mol. The van der Waals surface area contributed by atoms with Crippen LogP contribution in [0.5, 0.6) is 0 Å². The van der Waals surface area contributed by atoms with Gasteiger partial charge in [-0.3, -0.25) is 4.99 Å². The summed E-state index contributed by atoms with van der Waals surface area (Å²) < 4.78 is 0. The van der Waals surface area contributed by atoms with Crippen LogP contribution in [-0.4, -0.2) is 18.3 Å². The Labute approximate surface area is 59.4 Å². The lowest BCUT2D eigenvalue weighted by Gasteiger charge is -1.97. The third kappa shape index (κ3) is 1.75. The maximum atomic E-state index is 4.18. The number of hydrogen-bond acceptors (Lipinski definition) is 3. The molecule has 0 spiro atoms. The first-order chi connectivity index (χ1) is 4.33. The molecule has 0 fully saturated rings. The van der Waals surface area contributed by atoms with Gasteiger partial charge >= 0.3 is 0 Å². The van der Waals surface area contributed by atoms with Crippen molar-refractivity contribution in [1.29, 1.82) is 0 Å². The molecule has 3 heteroatoms. The number of hydrogen-bond donors (Lipinski definition) is 1. The average molecular weight is 142 g/mol. The van der Waals surface area contributed by atoms with Crippen LogP contribution in [0.25, 0.3) is 0 Å². The van der Waals surface area contributed by atoms with E-state index in [2.05, 4.69) is 23.8 Å². The molecule has 0 saturated heterocycles. The monoisotopic (exact) mass is 142 g/mol. The fraction of sp³-hybridized carbons (Fsp3) is 0.500. The van der Waals surface area contributed by atoms with Crippen LogP contribution in [0.4, 0.5) is 0 Å². The second-order valence-electron chi connectivity index (χ2n) is 1.79. The van der Waals surface area contributed by atoms with Crippen molar-refractivity contribution in [2.24, 2.45) is 4.99 Å². The maximum absolute atomic E-state index is 4.18. The Morgan fingerprint density at radius 3 is 3.11 bits per heavy atom. The van der Waals surface area contributed by atoms with Crippen LogP contribution in [0, 0.1) is 0 Å². The van der Waals surface area contributed by atoms with Gasteiger partial charge in [-0.25, -0.2) is 0 Å². The van der Waals surface area contributed by atoms with E-state index in [1.54, 1.807) is 11.8 Å². The highest BCUT2D eigenvalue weighted by atomic mass is 32.2. The van der Waals surface area contributed by atoms with Gasteiger partial charge < -0.3 is 5.32 Å². The fourth-order valence-corrected chi connectivity index (χ4v) is 1.35. The van der Waals surface area contributed by atoms with Gasteiger partial charge in [0.25, 0.3) is 0 Å². The molecule has 0 aromatic heterocycles. The second-order valence-corrected chi connectivity index (χ2v) is 2.96. The first-order valence-corrected chi connectivity index (χ1v) is 3.78. The molecule has 1 heterocycles. The molecule has 0 radical (unpaired) electrons. The summed E-state index contributed by atoms with van der Waals surface area (Å²) in [6.07, 6.45) is 0. The van der Waals surface area contributed by atoms with Gasteiger partial charge in [-0.05, 0) is 6.92 Å². The number of thioether (sulfide) groups is 1. The molecule has 1 N–H and O–H groups in total. The van der Waals surface area contributed by atoms with E-state index in [1.165, 1.54) is 0 Å². The molecule has 1 aliphatic heterocycles. The summed E-state index contributed by atoms with van der Waals surface area (Å²) in [5.74, 6) is 0. The van der Waals surface area contributed by atoms with Crippen molar-refractivity contribution in [3.63, 3.8) is 0 Å². The topological polar surface area (TPSA) is 24.4 Å². The highest BCUT2D eigenvalue weighted by Gasteiger charge is 2.07. The summed E-state index contributed by atoms with van der Waals surface area (Å²) in [7, 11) is 0. The quantitative estimate of drug-likeness (QED) is 0.595. The van der Waals surface area contributed by atoms with E-state index in [-0.39, 0.29) is 0 Å². The molecule has 50 valence electrons. The lowest BCUT2D eigenvalue weighted by atomic mass is 10.6. The average Bonchev–Trinajstić information content (AvgIpc) is 2.17. The van der Waals surface area contributed by atoms with E-state index in [1.807, 2.05) is 0 Å². The minimum atomic E-state index is 0.785. The van der Waals surface area contributed by atoms with Crippen molar-refractivity contribution in [2.45, 2.75) is 6.92 Å². The first kappa shape index (κ1) is 6.68. The SMILES string of the molecule is C=C1CN=C(NCC)S1. The number of amidine groups is 1. The third-order valence-corrected chi connectivity index (χ3v) is 1.85. The van der Waals surface area contributed by atoms with Gasteiger partial charge in [0.05, 0.1) is 6.54 Å². The van der Waals surface area contributed by atoms with Crippen molar-refractivity contribution in [2.75, 3.05) is 13.1 Å². The zero-order chi connectivity index (χ0) is 6.69. The Bertz CT molecular complexity index is 151. The van der Waals surface area contributed by atoms with Crippen LogP contribution in [-0.2, 0) is 0 Å². The molecule has 0 amide bonds. The van der Waals surface area contributed by atoms with Crippen molar-refractivity contribution < 1.29 is 0 Å². The van der Waals surface area contributed by atoms with Gasteiger partial charge in [-0.15, -0.1) is 0 Å². The molecule has 0 aromatic carbocycles. The van der Waals surface area contributed by atoms with Crippen molar-refractivity contribution in [3.05, 3.63) is 11.5 Å². The van der Waals surface area contributed by atoms with Gasteiger partial charge in [0, 0.05) is 11.4 Å². The lowest BCUT2D eigenvalue weighted by Crippen LogP contribution is -2.17. The summed E-state index contributed by atoms with van der Waals surface area (Å²) in [6.45, 7) is 7.58. The van der Waals surface area contributed by atoms with E-state index < -0.39 is 0 Å². The minimum Gasteiger partial charge on any atom is -0.365 e. The Kier molecular flexibility index (Phi) is 2.16. The molecule has 0 aliphatic carbocycles. The molecule has 0 saturated carbocycles. The summed E-state index contributed by atoms with van der Waals surface area (Å²) in [6, 6.07) is 0. The van der Waals surface area contributed by atoms with Gasteiger partial charge in [-0.1, -0.05) is 18.3 Å². The van der Waals surface area contributed by atoms with E-state index >= 15 is 0 Å². The van der Waals surface area contributed by atoms with Crippen LogP contribution < -0.4 is 5.32 Å². The number of rotatable bonds is 1. The molecule has 0 bridgehead atoms. The number of aliphatic imine (C=N–C) groups is 1. The van der Waals surface area contributed by atoms with E-state index in [9.17, 15) is 0 Å². The molecule has 9 heavy (non-hydrogen) atoms. The number of nitrogens with one attached hydrogen (secondary N) is 1. The van der Waals surface area contributed by atoms with Gasteiger partial charge in [0.1, 0.15) is 0 Å². The third-order valence-electron chi connectivity index (χ3n) is 0.968. The Morgan fingerprint density at radius 1 is 1.89 bits per heavy atom. The summed E-state index contributed by atoms with van der Waals surface area (Å²) in [5.41, 5.74) is 0. The molecule has 0 unspecified atom stereocenters. The maximum Gasteiger partial charge on any atom is 0.161 e. The van der Waals surface area contributed by atoms with Crippen LogP contribution in [0.2, 0.25) is 0 Å². The Hall–Kier alpha value is -0.440. The standard InChI is InChI=1S/C6H10N2S/c1-3-7-6-8-4-5(2)9-6/h2-4H2,1H3,(H,7,8). The lowest BCUT2D eigenvalue weighted by molar-refractivity contribution is 0.976. The molecule has 1 aliphatic rings. The van der Waals surface area contributed by atoms with Crippen LogP contribution in [0.15, 0.2) is 16.5 Å². The van der Waals surface area contributed by atoms with Crippen molar-refractivity contribution in [1.82, 2.24) is 5.32 Å². The molecule has 1 rings (SSSR count). The van der Waals surface area contributed by atoms with E-state index in [0.717, 1.165) is 23.2 Å². The Balaban J connectivity index is 2.36. The zero-order valence-corrected chi connectivity index (χ0v) is 6.29. The van der Waals surface area contributed by atoms with Crippen LogP contribution in [0.3, 0.4) is 0 Å². The largest absolute Gasteiger partial charge is 0.365 e. The highest BCUT2D eigenvalue weighted by molar-refractivity contribution is 8.17. The molecule has 0 aromatic rings. The summed E-state index contributed by atoms with van der Waals surface area (Å²) >= 11 is 1.63. The van der Waals surface area contributed by atoms with E-state index in [0.29, 0.717) is 0 Å². The summed E-state index contributed by atoms with van der Waals surface area (Å²) in [4.78, 5) is 5.31. The first-order valence-electron chi connectivity index (χ1n) is 2.97. The smallest absolute Gasteiger partial charge is 0.161 e. The summed E-state index contributed by atoms with van der Waals surface area (Å²) in [5, 5.41) is 4.14. The predicted octanol–water partition coefficient (Wildman–Crippen LogP) is 1.21. The molecule has 2 nitrogen and oxygen atoms in total. The normalized spacial score (nSPS) is 17.9. The van der Waals surface area contributed by atoms with Crippen LogP contribution >= 0.6 is 11.8 Å². The van der Waals surface area contributed by atoms with E-state index in [4.69, 9.17) is 0 Å².